The van der Waals surface area contributed by atoms with Crippen LogP contribution in [0.1, 0.15) is 6.42 Å². The van der Waals surface area contributed by atoms with Crippen LogP contribution in [-0.4, -0.2) is 52.5 Å². The maximum atomic E-state index is 13.6. The molecule has 4 heterocycles. The fraction of sp³-hybridized carbons (Fsp3) is 0.280. The fourth-order valence-electron chi connectivity index (χ4n) is 4.07. The van der Waals surface area contributed by atoms with Gasteiger partial charge < -0.3 is 14.8 Å². The van der Waals surface area contributed by atoms with Gasteiger partial charge in [-0.2, -0.15) is 4.98 Å². The molecule has 3 aromatic heterocycles. The van der Waals surface area contributed by atoms with Crippen LogP contribution in [0.15, 0.2) is 59.7 Å². The van der Waals surface area contributed by atoms with Gasteiger partial charge in [-0.1, -0.05) is 29.8 Å². The Bertz CT molecular complexity index is 1370. The average Bonchev–Trinajstić information content (AvgIpc) is 3.37. The van der Waals surface area contributed by atoms with Crippen molar-refractivity contribution in [1.82, 2.24) is 19.5 Å². The molecular weight excluding hydrogens is 454 g/mol. The molecule has 1 unspecified atom stereocenters. The number of fused-ring (bicyclic) bond motifs is 1. The molecule has 1 fully saturated rings. The number of pyridine rings is 2. The van der Waals surface area contributed by atoms with Gasteiger partial charge in [0.25, 0.3) is 5.56 Å². The minimum Gasteiger partial charge on any atom is -0.383 e. The number of nitrogens with zero attached hydrogens (tertiary/aromatic N) is 4. The summed E-state index contributed by atoms with van der Waals surface area (Å²) in [6, 6.07) is 13.3. The Morgan fingerprint density at radius 1 is 1.21 bits per heavy atom. The highest BCUT2D eigenvalue weighted by Gasteiger charge is 2.19. The summed E-state index contributed by atoms with van der Waals surface area (Å²) in [5, 5.41) is 4.50. The number of anilines is 1. The Balaban J connectivity index is 1.58. The lowest BCUT2D eigenvalue weighted by atomic mass is 10.0. The number of rotatable bonds is 7. The van der Waals surface area contributed by atoms with Crippen molar-refractivity contribution < 1.29 is 9.47 Å². The van der Waals surface area contributed by atoms with E-state index < -0.39 is 0 Å². The van der Waals surface area contributed by atoms with Crippen LogP contribution in [0.25, 0.3) is 33.4 Å². The molecule has 5 rings (SSSR count). The van der Waals surface area contributed by atoms with E-state index in [0.717, 1.165) is 23.1 Å². The first kappa shape index (κ1) is 22.5. The summed E-state index contributed by atoms with van der Waals surface area (Å²) in [5.74, 6) is 0.471. The summed E-state index contributed by atoms with van der Waals surface area (Å²) in [4.78, 5) is 27.1. The van der Waals surface area contributed by atoms with E-state index >= 15 is 0 Å². The second kappa shape index (κ2) is 9.89. The van der Waals surface area contributed by atoms with Gasteiger partial charge in [0, 0.05) is 53.2 Å². The lowest BCUT2D eigenvalue weighted by Gasteiger charge is -2.15. The van der Waals surface area contributed by atoms with Crippen LogP contribution in [-0.2, 0) is 16.0 Å². The quantitative estimate of drug-likeness (QED) is 0.430. The van der Waals surface area contributed by atoms with Crippen LogP contribution >= 0.6 is 11.6 Å². The molecule has 1 aliphatic heterocycles. The normalized spacial score (nSPS) is 15.6. The third-order valence-corrected chi connectivity index (χ3v) is 6.14. The molecule has 0 aliphatic carbocycles. The highest BCUT2D eigenvalue weighted by molar-refractivity contribution is 6.33. The largest absolute Gasteiger partial charge is 0.383 e. The molecule has 0 amide bonds. The number of ether oxygens (including phenoxy) is 2. The maximum Gasteiger partial charge on any atom is 0.260 e. The highest BCUT2D eigenvalue weighted by Crippen LogP contribution is 2.31. The van der Waals surface area contributed by atoms with Crippen molar-refractivity contribution in [3.63, 3.8) is 0 Å². The first-order valence-corrected chi connectivity index (χ1v) is 11.5. The van der Waals surface area contributed by atoms with Crippen molar-refractivity contribution >= 4 is 28.6 Å². The van der Waals surface area contributed by atoms with Crippen LogP contribution in [0, 0.1) is 0 Å². The molecule has 1 saturated heterocycles. The molecule has 4 aromatic rings. The van der Waals surface area contributed by atoms with Crippen molar-refractivity contribution in [3.05, 3.63) is 70.2 Å². The van der Waals surface area contributed by atoms with Gasteiger partial charge in [-0.25, -0.2) is 4.98 Å². The van der Waals surface area contributed by atoms with Crippen molar-refractivity contribution in [2.45, 2.75) is 19.0 Å². The molecule has 0 saturated carbocycles. The molecule has 0 radical (unpaired) electrons. The molecule has 174 valence electrons. The first-order valence-electron chi connectivity index (χ1n) is 11.1. The van der Waals surface area contributed by atoms with E-state index in [2.05, 4.69) is 20.3 Å². The highest BCUT2D eigenvalue weighted by atomic mass is 35.5. The van der Waals surface area contributed by atoms with Crippen LogP contribution in [0.3, 0.4) is 0 Å². The summed E-state index contributed by atoms with van der Waals surface area (Å²) in [7, 11) is 1.60. The number of aromatic nitrogens is 4. The Kier molecular flexibility index (Phi) is 6.53. The third-order valence-electron chi connectivity index (χ3n) is 5.83. The van der Waals surface area contributed by atoms with E-state index in [1.165, 1.54) is 0 Å². The molecule has 1 aliphatic rings. The van der Waals surface area contributed by atoms with Gasteiger partial charge in [-0.05, 0) is 30.7 Å². The Labute approximate surface area is 201 Å². The summed E-state index contributed by atoms with van der Waals surface area (Å²) < 4.78 is 12.3. The second-order valence-electron chi connectivity index (χ2n) is 8.09. The number of hydrogen-bond donors (Lipinski definition) is 1. The molecule has 1 N–H and O–H groups in total. The van der Waals surface area contributed by atoms with E-state index in [1.807, 2.05) is 36.4 Å². The number of methoxy groups -OCH3 is 1. The van der Waals surface area contributed by atoms with Crippen LogP contribution in [0.2, 0.25) is 5.02 Å². The molecule has 34 heavy (non-hydrogen) atoms. The topological polar surface area (TPSA) is 91.2 Å². The lowest BCUT2D eigenvalue weighted by Crippen LogP contribution is -2.26. The SMILES string of the molecule is COCCn1c(=O)c(-c2ccc(-c3ccccn3)cc2Cl)cc2cnc(NC3CCOC3)nc21. The number of nitrogens with one attached hydrogen (secondary N) is 1. The zero-order chi connectivity index (χ0) is 23.5. The maximum absolute atomic E-state index is 13.6. The van der Waals surface area contributed by atoms with Gasteiger partial charge in [0.2, 0.25) is 5.95 Å². The molecule has 9 heteroatoms. The van der Waals surface area contributed by atoms with Gasteiger partial charge in [0.05, 0.1) is 31.5 Å². The molecule has 1 atom stereocenters. The van der Waals surface area contributed by atoms with Crippen LogP contribution in [0.4, 0.5) is 5.95 Å². The smallest absolute Gasteiger partial charge is 0.260 e. The summed E-state index contributed by atoms with van der Waals surface area (Å²) in [6.45, 7) is 2.05. The zero-order valence-electron chi connectivity index (χ0n) is 18.7. The van der Waals surface area contributed by atoms with E-state index in [9.17, 15) is 4.79 Å². The third kappa shape index (κ3) is 4.52. The van der Waals surface area contributed by atoms with E-state index in [0.29, 0.717) is 54.1 Å². The van der Waals surface area contributed by atoms with Gasteiger partial charge in [-0.3, -0.25) is 14.3 Å². The summed E-state index contributed by atoms with van der Waals surface area (Å²) >= 11 is 6.66. The molecule has 1 aromatic carbocycles. The predicted octanol–water partition coefficient (Wildman–Crippen LogP) is 4.02. The van der Waals surface area contributed by atoms with Crippen molar-refractivity contribution in [2.75, 3.05) is 32.2 Å². The van der Waals surface area contributed by atoms with Crippen molar-refractivity contribution in [1.29, 1.82) is 0 Å². The fourth-order valence-corrected chi connectivity index (χ4v) is 4.35. The molecule has 8 nitrogen and oxygen atoms in total. The molecule has 0 spiro atoms. The van der Waals surface area contributed by atoms with Gasteiger partial charge in [0.15, 0.2) is 0 Å². The van der Waals surface area contributed by atoms with Crippen LogP contribution < -0.4 is 10.9 Å². The monoisotopic (exact) mass is 477 g/mol. The molecular formula is C25H24ClN5O3. The number of benzene rings is 1. The lowest BCUT2D eigenvalue weighted by molar-refractivity contribution is 0.187. The van der Waals surface area contributed by atoms with Crippen molar-refractivity contribution in [2.24, 2.45) is 0 Å². The summed E-state index contributed by atoms with van der Waals surface area (Å²) in [5.41, 5.74) is 3.17. The number of hydrogen-bond acceptors (Lipinski definition) is 7. The van der Waals surface area contributed by atoms with E-state index in [1.54, 1.807) is 30.1 Å². The van der Waals surface area contributed by atoms with E-state index in [4.69, 9.17) is 21.1 Å². The minimum atomic E-state index is -0.189. The van der Waals surface area contributed by atoms with Gasteiger partial charge in [-0.15, -0.1) is 0 Å². The second-order valence-corrected chi connectivity index (χ2v) is 8.50. The average molecular weight is 478 g/mol. The Hall–Kier alpha value is -3.33. The zero-order valence-corrected chi connectivity index (χ0v) is 19.5. The van der Waals surface area contributed by atoms with E-state index in [-0.39, 0.29) is 11.6 Å². The minimum absolute atomic E-state index is 0.160. The Morgan fingerprint density at radius 3 is 2.85 bits per heavy atom. The van der Waals surface area contributed by atoms with Crippen molar-refractivity contribution in [3.8, 4) is 22.4 Å². The standard InChI is InChI=1S/C25H24ClN5O3/c1-33-11-9-31-23-17(14-28-25(30-23)29-18-7-10-34-15-18)12-20(24(31)32)19-6-5-16(13-21(19)26)22-4-2-3-8-27-22/h2-6,8,12-14,18H,7,9-11,15H2,1H3,(H,28,29,30). The molecule has 0 bridgehead atoms. The van der Waals surface area contributed by atoms with Crippen LogP contribution in [0.5, 0.6) is 0 Å². The summed E-state index contributed by atoms with van der Waals surface area (Å²) in [6.07, 6.45) is 4.35. The Morgan fingerprint density at radius 2 is 2.12 bits per heavy atom. The first-order chi connectivity index (χ1) is 16.6. The van der Waals surface area contributed by atoms with Gasteiger partial charge >= 0.3 is 0 Å². The number of halogens is 1. The van der Waals surface area contributed by atoms with Gasteiger partial charge in [0.1, 0.15) is 5.65 Å². The predicted molar refractivity (Wildman–Crippen MR) is 132 cm³/mol.